The van der Waals surface area contributed by atoms with E-state index in [1.807, 2.05) is 163 Å². The maximum absolute atomic E-state index is 12.5. The van der Waals surface area contributed by atoms with E-state index in [2.05, 4.69) is 162 Å². The molecule has 42 heteroatoms. The van der Waals surface area contributed by atoms with Crippen LogP contribution in [0.25, 0.3) is 221 Å². The monoisotopic (exact) mass is 2030 g/mol. The van der Waals surface area contributed by atoms with Crippen LogP contribution < -0.4 is 20.9 Å². The van der Waals surface area contributed by atoms with Gasteiger partial charge in [0.25, 0.3) is 0 Å². The van der Waals surface area contributed by atoms with Crippen molar-refractivity contribution in [3.63, 3.8) is 0 Å². The number of anilines is 3. The molecule has 0 atom stereocenters. The van der Waals surface area contributed by atoms with E-state index in [0.717, 1.165) is 188 Å². The number of amides is 2. The number of aromatic nitrogens is 28. The maximum atomic E-state index is 12.5. The summed E-state index contributed by atoms with van der Waals surface area (Å²) in [5.41, 5.74) is 24.7. The number of hydrogen-bond donors (Lipinski definition) is 11. The van der Waals surface area contributed by atoms with Crippen molar-refractivity contribution in [1.29, 1.82) is 0 Å². The van der Waals surface area contributed by atoms with E-state index in [9.17, 15) is 28.8 Å². The number of rotatable bonds is 23. The topological polar surface area (TPSA) is 526 Å². The number of fused-ring (bicyclic) bond motifs is 8. The van der Waals surface area contributed by atoms with Crippen molar-refractivity contribution in [3.8, 4) is 132 Å². The molecule has 0 aliphatic carbocycles. The summed E-state index contributed by atoms with van der Waals surface area (Å²) < 4.78 is 0. The van der Waals surface area contributed by atoms with Gasteiger partial charge in [0.2, 0.25) is 11.8 Å². The van der Waals surface area contributed by atoms with Crippen LogP contribution in [0.2, 0.25) is 0 Å². The highest BCUT2D eigenvalue weighted by molar-refractivity contribution is 7.18. The molecule has 0 fully saturated rings. The lowest BCUT2D eigenvalue weighted by Gasteiger charge is -2.17. The number of thiophene rings is 4. The van der Waals surface area contributed by atoms with Gasteiger partial charge in [-0.2, -0.15) is 20.4 Å². The van der Waals surface area contributed by atoms with Gasteiger partial charge >= 0.3 is 0 Å². The van der Waals surface area contributed by atoms with Crippen molar-refractivity contribution < 1.29 is 28.8 Å². The minimum atomic E-state index is -0.524. The Morgan fingerprint density at radius 2 is 0.649 bits per heavy atom. The number of nitrogens with one attached hydrogen (secondary N) is 11. The molecular formula is C106H88N32O6S4. The number of imidazole rings is 4. The molecule has 24 aromatic rings. The Bertz CT molecular complexity index is 9310. The molecule has 0 aliphatic heterocycles. The second kappa shape index (κ2) is 40.1. The first-order valence-corrected chi connectivity index (χ1v) is 49.9. The van der Waals surface area contributed by atoms with Gasteiger partial charge in [-0.1, -0.05) is 41.5 Å². The van der Waals surface area contributed by atoms with Crippen molar-refractivity contribution in [2.24, 2.45) is 11.3 Å². The lowest BCUT2D eigenvalue weighted by molar-refractivity contribution is -0.123. The number of carbonyl (C=O) groups excluding carboxylic acids is 6. The number of H-pyrrole nitrogens is 8. The molecule has 24 heterocycles. The lowest BCUT2D eigenvalue weighted by atomic mass is 9.95. The highest BCUT2D eigenvalue weighted by atomic mass is 32.1. The fourth-order valence-electron chi connectivity index (χ4n) is 16.3. The molecule has 0 saturated carbocycles. The van der Waals surface area contributed by atoms with E-state index in [0.29, 0.717) is 88.2 Å². The number of carbonyl (C=O) groups is 6. The molecule has 0 unspecified atom stereocenters. The van der Waals surface area contributed by atoms with Crippen LogP contribution in [-0.4, -0.2) is 196 Å². The standard InChI is InChI=1S/C28H24N8O2S.C27H22N8O2S.C26H22N8OS.C25H20N8OS/c1-14(37)21-5-6-22(39-21)19-12-30-13-20-23(19)34-26(33-20)24-18-8-16(10-31-25(18)36-35-24)15-7-17(11-29-9-15)32-27(38)28(2,3)4;1-13(2)27(37)31-17-6-15(8-28-10-17)16-7-18-24(34-35-25(18)30-9-16)26-32-20-12-29-11-19(23(20)33-26)22-5-4-21(38-22)14(3)36;1-3-27-8-15-6-16(10-28-9-15)17-7-18-24(33-34-25(18)30-11-17)26-31-20-13-29-12-19(23(20)32-26)22-5-4-21(36-22)14(2)35;1-13(34)20-4-5-21(35-20)18-11-27-12-19-22(18)30-25(29-19)23-17-7-15(9-28-24(17)32-31-23)14-6-16(33(2)3)10-26-8-14/h5-13H,1-4H3,(H,32,38)(H,33,34)(H,31,35,36);4-13H,1-3H3,(H,31,37)(H,32,33)(H,30,34,35);4-7,9-13,27H,3,8H2,1-2H3,(H,31,32)(H,30,33,34);4-12H,1-3H3,(H,29,30)(H,28,31,32). The zero-order valence-corrected chi connectivity index (χ0v) is 84.5. The van der Waals surface area contributed by atoms with E-state index in [4.69, 9.17) is 19.9 Å². The molecule has 0 spiro atoms. The third-order valence-electron chi connectivity index (χ3n) is 24.2. The smallest absolute Gasteiger partial charge is 0.229 e. The first-order valence-electron chi connectivity index (χ1n) is 46.6. The fraction of sp³-hybridized carbons (Fsp3) is 0.151. The summed E-state index contributed by atoms with van der Waals surface area (Å²) in [6, 6.07) is 31.0. The predicted molar refractivity (Wildman–Crippen MR) is 577 cm³/mol. The second-order valence-corrected chi connectivity index (χ2v) is 40.6. The minimum Gasteiger partial charge on any atom is -0.376 e. The molecule has 0 saturated heterocycles. The number of ketones is 4. The number of Topliss-reactive ketones (excluding diaryl/α,β-unsaturated/α-hetero) is 4. The molecular weight excluding hydrogens is 1950 g/mol. The molecule has 0 radical (unpaired) electrons. The van der Waals surface area contributed by atoms with Gasteiger partial charge in [0, 0.05) is 199 Å². The highest BCUT2D eigenvalue weighted by Gasteiger charge is 2.27. The summed E-state index contributed by atoms with van der Waals surface area (Å²) in [5.74, 6) is 2.30. The van der Waals surface area contributed by atoms with E-state index < -0.39 is 5.41 Å². The third-order valence-corrected chi connectivity index (χ3v) is 29.1. The molecule has 732 valence electrons. The fourth-order valence-corrected chi connectivity index (χ4v) is 20.0. The van der Waals surface area contributed by atoms with Gasteiger partial charge in [-0.05, 0) is 137 Å². The Labute approximate surface area is 856 Å². The molecule has 24 rings (SSSR count). The van der Waals surface area contributed by atoms with Crippen LogP contribution in [0.1, 0.15) is 113 Å². The van der Waals surface area contributed by atoms with Crippen LogP contribution in [0, 0.1) is 11.3 Å². The van der Waals surface area contributed by atoms with Crippen molar-refractivity contribution >= 4 is 186 Å². The number of nitrogens with zero attached hydrogens (tertiary/aromatic N) is 21. The number of hydrogen-bond acceptors (Lipinski definition) is 32. The summed E-state index contributed by atoms with van der Waals surface area (Å²) >= 11 is 5.71. The first-order chi connectivity index (χ1) is 71.6. The van der Waals surface area contributed by atoms with Crippen LogP contribution >= 0.6 is 45.3 Å². The van der Waals surface area contributed by atoms with Gasteiger partial charge in [0.15, 0.2) is 69.0 Å². The average Bonchev–Trinajstić information content (AvgIpc) is 1.62. The van der Waals surface area contributed by atoms with Crippen LogP contribution in [0.3, 0.4) is 0 Å². The van der Waals surface area contributed by atoms with E-state index in [-0.39, 0.29) is 40.9 Å². The van der Waals surface area contributed by atoms with Gasteiger partial charge in [-0.15, -0.1) is 45.3 Å². The summed E-state index contributed by atoms with van der Waals surface area (Å²) in [5, 5.41) is 42.2. The quantitative estimate of drug-likeness (QED) is 0.0265. The predicted octanol–water partition coefficient (Wildman–Crippen LogP) is 21.3. The van der Waals surface area contributed by atoms with Gasteiger partial charge in [0.05, 0.1) is 124 Å². The van der Waals surface area contributed by atoms with Crippen molar-refractivity contribution in [2.45, 2.75) is 75.8 Å². The maximum Gasteiger partial charge on any atom is 0.229 e. The number of aromatic amines is 8. The summed E-state index contributed by atoms with van der Waals surface area (Å²) in [4.78, 5) is 166. The van der Waals surface area contributed by atoms with Crippen molar-refractivity contribution in [3.05, 3.63) is 246 Å². The Morgan fingerprint density at radius 3 is 0.953 bits per heavy atom. The van der Waals surface area contributed by atoms with Crippen LogP contribution in [0.4, 0.5) is 17.1 Å². The summed E-state index contributed by atoms with van der Waals surface area (Å²) in [6.45, 7) is 19.2. The number of pyridine rings is 12. The van der Waals surface area contributed by atoms with Gasteiger partial charge in [0.1, 0.15) is 44.8 Å². The van der Waals surface area contributed by atoms with Crippen LogP contribution in [0.15, 0.2) is 221 Å². The Morgan fingerprint density at radius 1 is 0.351 bits per heavy atom. The summed E-state index contributed by atoms with van der Waals surface area (Å²) in [6.07, 6.45) is 35.1. The van der Waals surface area contributed by atoms with E-state index >= 15 is 0 Å². The zero-order chi connectivity index (χ0) is 102. The Kier molecular flexibility index (Phi) is 26.0. The minimum absolute atomic E-state index is 0.0265. The van der Waals surface area contributed by atoms with Gasteiger partial charge in [-0.25, -0.2) is 39.9 Å². The average molecular weight is 2030 g/mol. The SMILES string of the molecule is CC(=O)c1ccc(-c2cncc3[nH]c(-c4[nH]nc5ncc(-c6cncc(N(C)C)c6)cc45)nc23)s1.CC(=O)c1ccc(-c2cncc3[nH]c(-c4[nH]nc5ncc(-c6cncc(NC(=O)C(C)(C)C)c6)cc45)nc23)s1.CC(=O)c1ccc(-c2cncc3[nH]c(-c4[nH]nc5ncc(-c6cncc(NC(=O)C(C)C)c6)cc45)nc23)s1.CCNCc1cncc(-c2cnc3n[nH]c(-c4nc5c(-c6ccc(C(C)=O)s6)cncc5[nH]4)c3c2)c1. The largest absolute Gasteiger partial charge is 0.376 e. The third kappa shape index (κ3) is 19.6. The highest BCUT2D eigenvalue weighted by Crippen LogP contribution is 2.43. The molecule has 2 amide bonds. The summed E-state index contributed by atoms with van der Waals surface area (Å²) in [7, 11) is 3.97. The second-order valence-electron chi connectivity index (χ2n) is 36.3. The molecule has 38 nitrogen and oxygen atoms in total. The van der Waals surface area contributed by atoms with Crippen LogP contribution in [0.5, 0.6) is 0 Å². The first kappa shape index (κ1) is 95.9. The molecule has 0 aliphatic rings. The molecule has 0 aromatic carbocycles. The normalized spacial score (nSPS) is 11.5. The van der Waals surface area contributed by atoms with E-state index in [1.165, 1.54) is 45.3 Å². The van der Waals surface area contributed by atoms with Crippen molar-refractivity contribution in [2.75, 3.05) is 36.2 Å². The van der Waals surface area contributed by atoms with E-state index in [1.54, 1.807) is 121 Å². The van der Waals surface area contributed by atoms with Gasteiger partial charge < -0.3 is 40.8 Å². The molecule has 148 heavy (non-hydrogen) atoms. The Balaban J connectivity index is 0.000000116. The molecule has 11 N–H and O–H groups in total. The van der Waals surface area contributed by atoms with Crippen LogP contribution in [-0.2, 0) is 16.1 Å². The lowest BCUT2D eigenvalue weighted by Crippen LogP contribution is -2.27. The zero-order valence-electron chi connectivity index (χ0n) is 81.3. The Hall–Kier alpha value is -18.3. The molecule has 24 aromatic heterocycles. The van der Waals surface area contributed by atoms with Gasteiger partial charge in [-0.3, -0.25) is 89.0 Å². The van der Waals surface area contributed by atoms with Crippen molar-refractivity contribution in [1.82, 2.24) is 146 Å². The molecule has 0 bridgehead atoms.